The molecule has 0 atom stereocenters. The van der Waals surface area contributed by atoms with Crippen LogP contribution >= 0.6 is 0 Å². The maximum Gasteiger partial charge on any atom is 0.289 e. The Morgan fingerprint density at radius 3 is 2.54 bits per heavy atom. The van der Waals surface area contributed by atoms with Gasteiger partial charge in [0, 0.05) is 16.7 Å². The summed E-state index contributed by atoms with van der Waals surface area (Å²) in [6.45, 7) is 0. The zero-order valence-corrected chi connectivity index (χ0v) is 13.8. The van der Waals surface area contributed by atoms with Crippen LogP contribution in [0.1, 0.15) is 10.4 Å². The van der Waals surface area contributed by atoms with E-state index in [1.54, 1.807) is 18.2 Å². The van der Waals surface area contributed by atoms with Gasteiger partial charge < -0.3 is 10.5 Å². The highest BCUT2D eigenvalue weighted by atomic mass is 19.1. The molecule has 3 rings (SSSR count). The molecule has 2 N–H and O–H groups in total. The lowest BCUT2D eigenvalue weighted by atomic mass is 10.0. The van der Waals surface area contributed by atoms with Crippen molar-refractivity contribution in [1.82, 2.24) is 9.97 Å². The number of primary amides is 1. The summed E-state index contributed by atoms with van der Waals surface area (Å²) in [5, 5.41) is 0. The molecule has 0 bridgehead atoms. The van der Waals surface area contributed by atoms with E-state index in [4.69, 9.17) is 10.5 Å². The third-order valence-electron chi connectivity index (χ3n) is 3.75. The van der Waals surface area contributed by atoms with Gasteiger partial charge in [0.15, 0.2) is 0 Å². The fourth-order valence-corrected chi connectivity index (χ4v) is 2.50. The van der Waals surface area contributed by atoms with Crippen molar-refractivity contribution in [2.75, 3.05) is 7.11 Å². The van der Waals surface area contributed by atoms with E-state index in [0.717, 1.165) is 0 Å². The highest BCUT2D eigenvalue weighted by Gasteiger charge is 2.14. The third kappa shape index (κ3) is 3.41. The van der Waals surface area contributed by atoms with E-state index >= 15 is 0 Å². The summed E-state index contributed by atoms with van der Waals surface area (Å²) >= 11 is 0. The first-order valence-electron chi connectivity index (χ1n) is 7.60. The second-order valence-electron chi connectivity index (χ2n) is 5.41. The smallest absolute Gasteiger partial charge is 0.289 e. The van der Waals surface area contributed by atoms with Gasteiger partial charge in [-0.1, -0.05) is 18.2 Å². The zero-order chi connectivity index (χ0) is 18.7. The fraction of sp³-hybridized carbons (Fsp3) is 0.0526. The Kier molecular flexibility index (Phi) is 4.70. The number of methoxy groups -OCH3 is 1. The predicted octanol–water partition coefficient (Wildman–Crippen LogP) is 2.63. The minimum atomic E-state index is -1.03. The molecule has 130 valence electrons. The van der Waals surface area contributed by atoms with E-state index in [1.165, 1.54) is 43.8 Å². The first kappa shape index (κ1) is 17.2. The number of Topliss-reactive ketones (excluding diaryl/α,β-unsaturated/α-hetero) is 1. The van der Waals surface area contributed by atoms with E-state index in [-0.39, 0.29) is 5.56 Å². The van der Waals surface area contributed by atoms with Crippen molar-refractivity contribution >= 4 is 11.7 Å². The van der Waals surface area contributed by atoms with Crippen molar-refractivity contribution in [3.63, 3.8) is 0 Å². The number of carbonyl (C=O) groups is 2. The SMILES string of the molecule is COc1ccc(F)cc1-c1cc(-c2cccc(C(=O)C(N)=O)c2)ncn1. The van der Waals surface area contributed by atoms with E-state index in [2.05, 4.69) is 9.97 Å². The Morgan fingerprint density at radius 1 is 1.04 bits per heavy atom. The molecule has 0 saturated heterocycles. The minimum Gasteiger partial charge on any atom is -0.496 e. The Hall–Kier alpha value is -3.61. The molecule has 0 saturated carbocycles. The van der Waals surface area contributed by atoms with Crippen LogP contribution in [0, 0.1) is 5.82 Å². The van der Waals surface area contributed by atoms with Gasteiger partial charge in [-0.25, -0.2) is 14.4 Å². The van der Waals surface area contributed by atoms with Crippen LogP contribution in [0.4, 0.5) is 4.39 Å². The van der Waals surface area contributed by atoms with Crippen molar-refractivity contribution in [3.05, 3.63) is 66.2 Å². The molecule has 0 spiro atoms. The summed E-state index contributed by atoms with van der Waals surface area (Å²) in [5.74, 6) is -1.77. The van der Waals surface area contributed by atoms with Gasteiger partial charge in [-0.05, 0) is 30.3 Å². The molecule has 0 aliphatic heterocycles. The van der Waals surface area contributed by atoms with Gasteiger partial charge >= 0.3 is 0 Å². The molecular weight excluding hydrogens is 337 g/mol. The van der Waals surface area contributed by atoms with Crippen molar-refractivity contribution in [2.45, 2.75) is 0 Å². The van der Waals surface area contributed by atoms with Crippen LogP contribution in [-0.4, -0.2) is 28.8 Å². The fourth-order valence-electron chi connectivity index (χ4n) is 2.50. The number of hydrogen-bond donors (Lipinski definition) is 1. The van der Waals surface area contributed by atoms with Crippen molar-refractivity contribution < 1.29 is 18.7 Å². The van der Waals surface area contributed by atoms with E-state index in [1.807, 2.05) is 0 Å². The highest BCUT2D eigenvalue weighted by molar-refractivity contribution is 6.42. The lowest BCUT2D eigenvalue weighted by Crippen LogP contribution is -2.22. The highest BCUT2D eigenvalue weighted by Crippen LogP contribution is 2.31. The van der Waals surface area contributed by atoms with Gasteiger partial charge in [-0.3, -0.25) is 9.59 Å². The quantitative estimate of drug-likeness (QED) is 0.563. The Bertz CT molecular complexity index is 1000. The van der Waals surface area contributed by atoms with Gasteiger partial charge in [0.05, 0.1) is 18.5 Å². The number of aromatic nitrogens is 2. The van der Waals surface area contributed by atoms with Crippen LogP contribution in [0.5, 0.6) is 5.75 Å². The molecule has 1 heterocycles. The van der Waals surface area contributed by atoms with E-state index in [9.17, 15) is 14.0 Å². The van der Waals surface area contributed by atoms with Crippen LogP contribution < -0.4 is 10.5 Å². The Morgan fingerprint density at radius 2 is 1.81 bits per heavy atom. The van der Waals surface area contributed by atoms with Gasteiger partial charge in [-0.15, -0.1) is 0 Å². The van der Waals surface area contributed by atoms with E-state index < -0.39 is 17.5 Å². The molecule has 2 aromatic carbocycles. The molecule has 6 nitrogen and oxygen atoms in total. The summed E-state index contributed by atoms with van der Waals surface area (Å²) in [6, 6.07) is 12.1. The van der Waals surface area contributed by atoms with Gasteiger partial charge in [0.2, 0.25) is 5.78 Å². The van der Waals surface area contributed by atoms with Crippen LogP contribution in [0.15, 0.2) is 54.9 Å². The Balaban J connectivity index is 2.06. The van der Waals surface area contributed by atoms with Crippen LogP contribution in [0.2, 0.25) is 0 Å². The molecule has 0 aliphatic carbocycles. The molecule has 7 heteroatoms. The largest absolute Gasteiger partial charge is 0.496 e. The maximum absolute atomic E-state index is 13.6. The summed E-state index contributed by atoms with van der Waals surface area (Å²) in [6.07, 6.45) is 1.33. The number of hydrogen-bond acceptors (Lipinski definition) is 5. The second kappa shape index (κ2) is 7.10. The van der Waals surface area contributed by atoms with Crippen LogP contribution in [0.3, 0.4) is 0 Å². The van der Waals surface area contributed by atoms with Crippen molar-refractivity contribution in [3.8, 4) is 28.3 Å². The zero-order valence-electron chi connectivity index (χ0n) is 13.8. The minimum absolute atomic E-state index is 0.165. The van der Waals surface area contributed by atoms with Gasteiger partial charge in [0.25, 0.3) is 5.91 Å². The predicted molar refractivity (Wildman–Crippen MR) is 92.9 cm³/mol. The molecule has 0 aliphatic rings. The summed E-state index contributed by atoms with van der Waals surface area (Å²) in [5.41, 5.74) is 7.23. The molecule has 1 aromatic heterocycles. The number of carbonyl (C=O) groups excluding carboxylic acids is 2. The number of benzene rings is 2. The Labute approximate surface area is 148 Å². The normalized spacial score (nSPS) is 10.4. The number of rotatable bonds is 5. The molecule has 0 fully saturated rings. The lowest BCUT2D eigenvalue weighted by molar-refractivity contribution is -0.114. The molecule has 26 heavy (non-hydrogen) atoms. The van der Waals surface area contributed by atoms with Crippen LogP contribution in [0.25, 0.3) is 22.5 Å². The monoisotopic (exact) mass is 351 g/mol. The molecular formula is C19H14FN3O3. The molecule has 3 aromatic rings. The summed E-state index contributed by atoms with van der Waals surface area (Å²) in [4.78, 5) is 31.2. The van der Waals surface area contributed by atoms with Gasteiger partial charge in [-0.2, -0.15) is 0 Å². The van der Waals surface area contributed by atoms with Crippen molar-refractivity contribution in [1.29, 1.82) is 0 Å². The average molecular weight is 351 g/mol. The third-order valence-corrected chi connectivity index (χ3v) is 3.75. The van der Waals surface area contributed by atoms with Crippen molar-refractivity contribution in [2.24, 2.45) is 5.73 Å². The number of ether oxygens (including phenoxy) is 1. The first-order valence-corrected chi connectivity index (χ1v) is 7.60. The molecule has 1 amide bonds. The molecule has 0 radical (unpaired) electrons. The number of ketones is 1. The number of amides is 1. The second-order valence-corrected chi connectivity index (χ2v) is 5.41. The summed E-state index contributed by atoms with van der Waals surface area (Å²) in [7, 11) is 1.48. The van der Waals surface area contributed by atoms with E-state index in [0.29, 0.717) is 28.3 Å². The molecule has 0 unspecified atom stereocenters. The number of nitrogens with zero attached hydrogens (tertiary/aromatic N) is 2. The number of halogens is 1. The summed E-state index contributed by atoms with van der Waals surface area (Å²) < 4.78 is 18.9. The van der Waals surface area contributed by atoms with Gasteiger partial charge in [0.1, 0.15) is 17.9 Å². The number of nitrogens with two attached hydrogens (primary N) is 1. The maximum atomic E-state index is 13.6. The topological polar surface area (TPSA) is 95.2 Å². The lowest BCUT2D eigenvalue weighted by Gasteiger charge is -2.09. The first-order chi connectivity index (χ1) is 12.5. The van der Waals surface area contributed by atoms with Crippen LogP contribution in [-0.2, 0) is 4.79 Å². The standard InChI is InChI=1S/C19H14FN3O3/c1-26-17-6-5-13(20)8-14(17)16-9-15(22-10-23-16)11-3-2-4-12(7-11)18(24)19(21)25/h2-10H,1H3,(H2,21,25). The average Bonchev–Trinajstić information content (AvgIpc) is 2.67.